The number of oxazole rings is 1. The van der Waals surface area contributed by atoms with E-state index in [1.54, 1.807) is 18.2 Å². The molecule has 2 rings (SSSR count). The summed E-state index contributed by atoms with van der Waals surface area (Å²) >= 11 is 5.62. The Morgan fingerprint density at radius 3 is 3.00 bits per heavy atom. The molecule has 1 heterocycles. The molecule has 1 N–H and O–H groups in total. The van der Waals surface area contributed by atoms with Gasteiger partial charge in [-0.15, -0.1) is 0 Å². The van der Waals surface area contributed by atoms with Crippen LogP contribution in [0.4, 0.5) is 0 Å². The van der Waals surface area contributed by atoms with Crippen LogP contribution in [0.25, 0.3) is 11.1 Å². The molecule has 0 atom stereocenters. The Morgan fingerprint density at radius 2 is 2.27 bits per heavy atom. The molecule has 8 heteroatoms. The van der Waals surface area contributed by atoms with Crippen LogP contribution in [0.3, 0.4) is 0 Å². The normalized spacial score (nSPS) is 10.2. The fourth-order valence-electron chi connectivity index (χ4n) is 1.04. The Bertz CT molecular complexity index is 497. The summed E-state index contributed by atoms with van der Waals surface area (Å²) in [6.45, 7) is 0. The summed E-state index contributed by atoms with van der Waals surface area (Å²) in [7, 11) is 0. The van der Waals surface area contributed by atoms with Gasteiger partial charge in [0.1, 0.15) is 0 Å². The van der Waals surface area contributed by atoms with E-state index in [1.807, 2.05) is 0 Å². The molecule has 0 radical (unpaired) electrons. The molecule has 0 aliphatic carbocycles. The zero-order valence-corrected chi connectivity index (χ0v) is 11.3. The van der Waals surface area contributed by atoms with Crippen LogP contribution >= 0.6 is 24.3 Å². The molecule has 0 spiro atoms. The number of aromatic nitrogens is 1. The molecule has 0 fully saturated rings. The molecule has 0 aliphatic heterocycles. The van der Waals surface area contributed by atoms with E-state index in [0.717, 1.165) is 17.6 Å². The maximum absolute atomic E-state index is 9.58. The average molecular weight is 253 g/mol. The van der Waals surface area contributed by atoms with Gasteiger partial charge in [-0.05, 0) is 30.4 Å². The second-order valence-corrected chi connectivity index (χ2v) is 3.54. The SMILES string of the molecule is [Na+].[O-]OOSc1ccc2oc(=S)[nH]c2c1. The predicted octanol–water partition coefficient (Wildman–Crippen LogP) is -1.28. The van der Waals surface area contributed by atoms with Crippen molar-refractivity contribution in [3.8, 4) is 0 Å². The molecule has 0 saturated heterocycles. The van der Waals surface area contributed by atoms with Crippen LogP contribution in [0, 0.1) is 4.84 Å². The van der Waals surface area contributed by atoms with E-state index in [4.69, 9.17) is 16.6 Å². The van der Waals surface area contributed by atoms with E-state index >= 15 is 0 Å². The van der Waals surface area contributed by atoms with Gasteiger partial charge < -0.3 is 14.7 Å². The zero-order valence-electron chi connectivity index (χ0n) is 7.68. The minimum Gasteiger partial charge on any atom is -0.691 e. The first-order valence-electron chi connectivity index (χ1n) is 3.55. The van der Waals surface area contributed by atoms with Gasteiger partial charge in [0, 0.05) is 4.90 Å². The third-order valence-electron chi connectivity index (χ3n) is 1.55. The van der Waals surface area contributed by atoms with Crippen molar-refractivity contribution in [2.45, 2.75) is 4.90 Å². The number of fused-ring (bicyclic) bond motifs is 1. The summed E-state index contributed by atoms with van der Waals surface area (Å²) < 4.78 is 9.31. The van der Waals surface area contributed by atoms with E-state index in [0.29, 0.717) is 15.3 Å². The number of aromatic amines is 1. The van der Waals surface area contributed by atoms with Gasteiger partial charge in [0.05, 0.1) is 17.6 Å². The van der Waals surface area contributed by atoms with Gasteiger partial charge in [-0.2, -0.15) is 4.33 Å². The number of benzene rings is 1. The van der Waals surface area contributed by atoms with E-state index < -0.39 is 0 Å². The largest absolute Gasteiger partial charge is 1.00 e. The number of rotatable bonds is 3. The molecule has 0 unspecified atom stereocenters. The van der Waals surface area contributed by atoms with Crippen molar-refractivity contribution in [2.75, 3.05) is 0 Å². The molecule has 0 saturated carbocycles. The second-order valence-electron chi connectivity index (χ2n) is 2.39. The maximum Gasteiger partial charge on any atom is 1.00 e. The number of nitrogens with one attached hydrogen (secondary N) is 1. The molecule has 0 amide bonds. The standard InChI is InChI=1S/C7H5NO4S2.Na/c9-11-12-14-4-1-2-6-5(3-4)8-7(13)10-6;/h1-3,9H,(H,8,13);/q;+1/p-1. The summed E-state index contributed by atoms with van der Waals surface area (Å²) in [6.07, 6.45) is 0. The summed E-state index contributed by atoms with van der Waals surface area (Å²) in [5.41, 5.74) is 1.40. The van der Waals surface area contributed by atoms with Crippen LogP contribution in [-0.4, -0.2) is 4.98 Å². The van der Waals surface area contributed by atoms with Crippen molar-refractivity contribution in [2.24, 2.45) is 0 Å². The predicted molar refractivity (Wildman–Crippen MR) is 49.4 cm³/mol. The van der Waals surface area contributed by atoms with Gasteiger partial charge in [-0.1, -0.05) is 0 Å². The van der Waals surface area contributed by atoms with Gasteiger partial charge in [0.15, 0.2) is 5.58 Å². The van der Waals surface area contributed by atoms with Crippen molar-refractivity contribution in [1.82, 2.24) is 4.98 Å². The topological polar surface area (TPSA) is 70.4 Å². The quantitative estimate of drug-likeness (QED) is 0.242. The van der Waals surface area contributed by atoms with Gasteiger partial charge in [0.25, 0.3) is 4.84 Å². The Balaban J connectivity index is 0.00000112. The van der Waals surface area contributed by atoms with Crippen LogP contribution in [0.1, 0.15) is 0 Å². The van der Waals surface area contributed by atoms with E-state index in [9.17, 15) is 5.26 Å². The van der Waals surface area contributed by atoms with Crippen LogP contribution in [0.15, 0.2) is 27.5 Å². The zero-order chi connectivity index (χ0) is 9.97. The molecule has 15 heavy (non-hydrogen) atoms. The number of hydrogen-bond donors (Lipinski definition) is 1. The maximum atomic E-state index is 9.58. The molecule has 0 aliphatic rings. The van der Waals surface area contributed by atoms with Crippen LogP contribution in [-0.2, 0) is 9.37 Å². The third-order valence-corrected chi connectivity index (χ3v) is 2.30. The summed E-state index contributed by atoms with van der Waals surface area (Å²) in [6, 6.07) is 5.18. The van der Waals surface area contributed by atoms with Crippen LogP contribution in [0.2, 0.25) is 0 Å². The first-order valence-corrected chi connectivity index (χ1v) is 4.70. The van der Waals surface area contributed by atoms with Crippen LogP contribution in [0.5, 0.6) is 0 Å². The van der Waals surface area contributed by atoms with Crippen molar-refractivity contribution in [3.63, 3.8) is 0 Å². The molecule has 5 nitrogen and oxygen atoms in total. The number of H-pyrrole nitrogens is 1. The van der Waals surface area contributed by atoms with Crippen LogP contribution < -0.4 is 34.8 Å². The first-order chi connectivity index (χ1) is 6.79. The Hall–Kier alpha value is 0.140. The molecule has 74 valence electrons. The van der Waals surface area contributed by atoms with Gasteiger partial charge >= 0.3 is 29.6 Å². The molecular weight excluding hydrogens is 249 g/mol. The smallest absolute Gasteiger partial charge is 0.691 e. The molecular formula is C7H4NNaO4S2. The average Bonchev–Trinajstić information content (AvgIpc) is 2.54. The molecule has 1 aromatic carbocycles. The monoisotopic (exact) mass is 253 g/mol. The summed E-state index contributed by atoms with van der Waals surface area (Å²) in [4.78, 5) is 3.85. The minimum absolute atomic E-state index is 0. The number of hydrogen-bond acceptors (Lipinski definition) is 6. The van der Waals surface area contributed by atoms with Gasteiger partial charge in [-0.3, -0.25) is 5.04 Å². The van der Waals surface area contributed by atoms with Gasteiger partial charge in [0.2, 0.25) is 0 Å². The van der Waals surface area contributed by atoms with Gasteiger partial charge in [-0.25, -0.2) is 0 Å². The third kappa shape index (κ3) is 3.30. The molecule has 1 aromatic heterocycles. The fraction of sp³-hybridized carbons (Fsp3) is 0. The van der Waals surface area contributed by atoms with Crippen molar-refractivity contribution < 1.29 is 48.6 Å². The van der Waals surface area contributed by atoms with E-state index in [-0.39, 0.29) is 29.6 Å². The summed E-state index contributed by atoms with van der Waals surface area (Å²) in [5.74, 6) is 0. The van der Waals surface area contributed by atoms with Crippen molar-refractivity contribution in [1.29, 1.82) is 0 Å². The van der Waals surface area contributed by atoms with E-state index in [2.05, 4.69) is 14.4 Å². The Kier molecular flexibility index (Phi) is 5.30. The second kappa shape index (κ2) is 6.02. The summed E-state index contributed by atoms with van der Waals surface area (Å²) in [5, 5.41) is 12.8. The van der Waals surface area contributed by atoms with Crippen molar-refractivity contribution in [3.05, 3.63) is 23.0 Å². The Morgan fingerprint density at radius 1 is 1.47 bits per heavy atom. The van der Waals surface area contributed by atoms with E-state index in [1.165, 1.54) is 0 Å². The first kappa shape index (κ1) is 13.2. The Labute approximate surface area is 116 Å². The minimum atomic E-state index is 0. The van der Waals surface area contributed by atoms with Crippen molar-refractivity contribution >= 4 is 35.4 Å². The fourth-order valence-corrected chi connectivity index (χ4v) is 1.63. The molecule has 2 aromatic rings. The molecule has 0 bridgehead atoms.